The highest BCUT2D eigenvalue weighted by Gasteiger charge is 2.17. The lowest BCUT2D eigenvalue weighted by atomic mass is 10.1. The standard InChI is InChI=1S/C18H22N2O4S/c1-13-6-4-5-7-17(13)18(21)19-15-8-10-16(11-9-15)25(22,23)20-14(2)12-24-3/h4-11,14,20H,12H2,1-3H3,(H,19,21)/t14-/m0/s1. The molecule has 2 rings (SSSR count). The zero-order chi connectivity index (χ0) is 18.4. The molecule has 0 radical (unpaired) electrons. The molecule has 2 aromatic carbocycles. The van der Waals surface area contributed by atoms with Crippen molar-refractivity contribution in [2.24, 2.45) is 0 Å². The van der Waals surface area contributed by atoms with Crippen molar-refractivity contribution in [2.75, 3.05) is 19.0 Å². The molecule has 134 valence electrons. The van der Waals surface area contributed by atoms with Crippen LogP contribution in [0.5, 0.6) is 0 Å². The smallest absolute Gasteiger partial charge is 0.255 e. The third-order valence-corrected chi connectivity index (χ3v) is 5.19. The molecule has 0 aliphatic carbocycles. The van der Waals surface area contributed by atoms with Crippen molar-refractivity contribution >= 4 is 21.6 Å². The van der Waals surface area contributed by atoms with Gasteiger partial charge < -0.3 is 10.1 Å². The second-order valence-electron chi connectivity index (χ2n) is 5.77. The Morgan fingerprint density at radius 1 is 1.12 bits per heavy atom. The summed E-state index contributed by atoms with van der Waals surface area (Å²) in [7, 11) is -2.12. The quantitative estimate of drug-likeness (QED) is 0.793. The zero-order valence-corrected chi connectivity index (χ0v) is 15.3. The Labute approximate surface area is 148 Å². The summed E-state index contributed by atoms with van der Waals surface area (Å²) in [5.41, 5.74) is 1.97. The Kier molecular flexibility index (Phi) is 6.30. The highest BCUT2D eigenvalue weighted by molar-refractivity contribution is 7.89. The normalized spacial score (nSPS) is 12.6. The van der Waals surface area contributed by atoms with E-state index < -0.39 is 10.0 Å². The van der Waals surface area contributed by atoms with E-state index in [1.165, 1.54) is 19.2 Å². The SMILES string of the molecule is COC[C@H](C)NS(=O)(=O)c1ccc(NC(=O)c2ccccc2C)cc1. The number of methoxy groups -OCH3 is 1. The van der Waals surface area contributed by atoms with Crippen LogP contribution in [0.15, 0.2) is 53.4 Å². The number of sulfonamides is 1. The van der Waals surface area contributed by atoms with E-state index in [0.29, 0.717) is 11.3 Å². The number of ether oxygens (including phenoxy) is 1. The molecule has 0 spiro atoms. The number of benzene rings is 2. The molecule has 7 heteroatoms. The van der Waals surface area contributed by atoms with Crippen molar-refractivity contribution in [2.45, 2.75) is 24.8 Å². The molecule has 0 fully saturated rings. The molecule has 0 aliphatic heterocycles. The first-order valence-corrected chi connectivity index (χ1v) is 9.30. The third-order valence-electron chi connectivity index (χ3n) is 3.59. The topological polar surface area (TPSA) is 84.5 Å². The molecule has 0 aromatic heterocycles. The fourth-order valence-corrected chi connectivity index (χ4v) is 3.59. The summed E-state index contributed by atoms with van der Waals surface area (Å²) in [6.07, 6.45) is 0. The lowest BCUT2D eigenvalue weighted by Gasteiger charge is -2.13. The van der Waals surface area contributed by atoms with Gasteiger partial charge in [-0.1, -0.05) is 18.2 Å². The van der Waals surface area contributed by atoms with Gasteiger partial charge in [-0.15, -0.1) is 0 Å². The summed E-state index contributed by atoms with van der Waals surface area (Å²) in [5, 5.41) is 2.76. The number of hydrogen-bond donors (Lipinski definition) is 2. The van der Waals surface area contributed by atoms with Gasteiger partial charge in [0.1, 0.15) is 0 Å². The number of carbonyl (C=O) groups is 1. The number of aryl methyl sites for hydroxylation is 1. The summed E-state index contributed by atoms with van der Waals surface area (Å²) < 4.78 is 32.0. The lowest BCUT2D eigenvalue weighted by Crippen LogP contribution is -2.35. The van der Waals surface area contributed by atoms with Crippen LogP contribution in [-0.2, 0) is 14.8 Å². The van der Waals surface area contributed by atoms with Crippen molar-refractivity contribution in [1.82, 2.24) is 4.72 Å². The molecule has 2 N–H and O–H groups in total. The summed E-state index contributed by atoms with van der Waals surface area (Å²) in [5.74, 6) is -0.236. The average molecular weight is 362 g/mol. The molecule has 0 saturated carbocycles. The number of carbonyl (C=O) groups excluding carboxylic acids is 1. The van der Waals surface area contributed by atoms with Gasteiger partial charge in [0.15, 0.2) is 0 Å². The lowest BCUT2D eigenvalue weighted by molar-refractivity contribution is 0.102. The van der Waals surface area contributed by atoms with E-state index in [0.717, 1.165) is 5.56 Å². The third kappa shape index (κ3) is 5.12. The monoisotopic (exact) mass is 362 g/mol. The minimum atomic E-state index is -3.63. The van der Waals surface area contributed by atoms with Crippen molar-refractivity contribution < 1.29 is 17.9 Å². The van der Waals surface area contributed by atoms with Gasteiger partial charge >= 0.3 is 0 Å². The number of rotatable bonds is 7. The van der Waals surface area contributed by atoms with Gasteiger partial charge in [-0.2, -0.15) is 0 Å². The molecule has 1 atom stereocenters. The van der Waals surface area contributed by atoms with Crippen LogP contribution in [0.1, 0.15) is 22.8 Å². The Hall–Kier alpha value is -2.22. The first-order valence-electron chi connectivity index (χ1n) is 7.82. The Morgan fingerprint density at radius 3 is 2.36 bits per heavy atom. The largest absolute Gasteiger partial charge is 0.383 e. The van der Waals surface area contributed by atoms with E-state index in [4.69, 9.17) is 4.74 Å². The number of anilines is 1. The molecule has 25 heavy (non-hydrogen) atoms. The number of hydrogen-bond acceptors (Lipinski definition) is 4. The van der Waals surface area contributed by atoms with Crippen LogP contribution in [-0.4, -0.2) is 34.1 Å². The van der Waals surface area contributed by atoms with E-state index in [1.54, 1.807) is 31.2 Å². The predicted octanol–water partition coefficient (Wildman–Crippen LogP) is 2.56. The average Bonchev–Trinajstić information content (AvgIpc) is 2.55. The van der Waals surface area contributed by atoms with Crippen molar-refractivity contribution in [3.8, 4) is 0 Å². The summed E-state index contributed by atoms with van der Waals surface area (Å²) in [6.45, 7) is 3.86. The predicted molar refractivity (Wildman–Crippen MR) is 97.2 cm³/mol. The molecule has 0 saturated heterocycles. The fourth-order valence-electron chi connectivity index (χ4n) is 2.36. The van der Waals surface area contributed by atoms with E-state index in [9.17, 15) is 13.2 Å². The molecule has 6 nitrogen and oxygen atoms in total. The van der Waals surface area contributed by atoms with Gasteiger partial charge in [-0.3, -0.25) is 4.79 Å². The van der Waals surface area contributed by atoms with Crippen LogP contribution in [0.4, 0.5) is 5.69 Å². The van der Waals surface area contributed by atoms with Crippen LogP contribution in [0.2, 0.25) is 0 Å². The van der Waals surface area contributed by atoms with E-state index in [2.05, 4.69) is 10.0 Å². The van der Waals surface area contributed by atoms with E-state index in [1.807, 2.05) is 19.1 Å². The summed E-state index contributed by atoms with van der Waals surface area (Å²) in [6, 6.07) is 13.0. The van der Waals surface area contributed by atoms with Gasteiger partial charge in [0, 0.05) is 24.4 Å². The maximum Gasteiger partial charge on any atom is 0.255 e. The highest BCUT2D eigenvalue weighted by atomic mass is 32.2. The van der Waals surface area contributed by atoms with Crippen LogP contribution >= 0.6 is 0 Å². The van der Waals surface area contributed by atoms with E-state index in [-0.39, 0.29) is 23.5 Å². The van der Waals surface area contributed by atoms with E-state index >= 15 is 0 Å². The molecule has 0 heterocycles. The number of nitrogens with one attached hydrogen (secondary N) is 2. The fraction of sp³-hybridized carbons (Fsp3) is 0.278. The second kappa shape index (κ2) is 8.24. The number of amides is 1. The van der Waals surface area contributed by atoms with Crippen molar-refractivity contribution in [3.63, 3.8) is 0 Å². The van der Waals surface area contributed by atoms with Crippen LogP contribution in [0.3, 0.4) is 0 Å². The molecule has 0 unspecified atom stereocenters. The molecule has 2 aromatic rings. The Balaban J connectivity index is 2.09. The maximum absolute atomic E-state index is 12.3. The molecular weight excluding hydrogens is 340 g/mol. The minimum absolute atomic E-state index is 0.129. The van der Waals surface area contributed by atoms with Gasteiger partial charge in [-0.25, -0.2) is 13.1 Å². The van der Waals surface area contributed by atoms with Crippen LogP contribution in [0.25, 0.3) is 0 Å². The first kappa shape index (κ1) is 19.1. The summed E-state index contributed by atoms with van der Waals surface area (Å²) >= 11 is 0. The van der Waals surface area contributed by atoms with Gasteiger partial charge in [0.05, 0.1) is 11.5 Å². The van der Waals surface area contributed by atoms with Gasteiger partial charge in [-0.05, 0) is 49.7 Å². The highest BCUT2D eigenvalue weighted by Crippen LogP contribution is 2.16. The minimum Gasteiger partial charge on any atom is -0.383 e. The Bertz CT molecular complexity index is 832. The summed E-state index contributed by atoms with van der Waals surface area (Å²) in [4.78, 5) is 12.4. The van der Waals surface area contributed by atoms with Crippen LogP contribution in [0, 0.1) is 6.92 Å². The maximum atomic E-state index is 12.3. The molecule has 1 amide bonds. The molecule has 0 bridgehead atoms. The van der Waals surface area contributed by atoms with Gasteiger partial charge in [0.25, 0.3) is 5.91 Å². The first-order chi connectivity index (χ1) is 11.8. The molecular formula is C18H22N2O4S. The Morgan fingerprint density at radius 2 is 1.76 bits per heavy atom. The molecule has 0 aliphatic rings. The second-order valence-corrected chi connectivity index (χ2v) is 7.49. The van der Waals surface area contributed by atoms with Crippen LogP contribution < -0.4 is 10.0 Å². The van der Waals surface area contributed by atoms with Gasteiger partial charge in [0.2, 0.25) is 10.0 Å². The zero-order valence-electron chi connectivity index (χ0n) is 14.4. The van der Waals surface area contributed by atoms with Crippen molar-refractivity contribution in [1.29, 1.82) is 0 Å². The van der Waals surface area contributed by atoms with Crippen molar-refractivity contribution in [3.05, 3.63) is 59.7 Å².